The van der Waals surface area contributed by atoms with Crippen molar-refractivity contribution in [2.24, 2.45) is 0 Å². The molecule has 0 saturated heterocycles. The van der Waals surface area contributed by atoms with Gasteiger partial charge in [0.25, 0.3) is 5.91 Å². The minimum absolute atomic E-state index is 0.190. The number of nitrogens with one attached hydrogen (secondary N) is 1. The Morgan fingerprint density at radius 3 is 2.56 bits per heavy atom. The molecule has 0 radical (unpaired) electrons. The maximum absolute atomic E-state index is 13.0. The fourth-order valence-corrected chi connectivity index (χ4v) is 3.27. The van der Waals surface area contributed by atoms with Crippen molar-refractivity contribution in [3.8, 4) is 11.3 Å². The van der Waals surface area contributed by atoms with Crippen LogP contribution in [-0.4, -0.2) is 10.9 Å². The molecule has 0 saturated carbocycles. The van der Waals surface area contributed by atoms with Crippen molar-refractivity contribution in [2.45, 2.75) is 6.92 Å². The minimum atomic E-state index is -0.190. The van der Waals surface area contributed by atoms with Crippen molar-refractivity contribution in [3.05, 3.63) is 95.0 Å². The van der Waals surface area contributed by atoms with Gasteiger partial charge in [0.05, 0.1) is 16.8 Å². The molecule has 4 aromatic rings. The van der Waals surface area contributed by atoms with Crippen LogP contribution >= 0.6 is 11.6 Å². The van der Waals surface area contributed by atoms with Gasteiger partial charge < -0.3 is 5.32 Å². The van der Waals surface area contributed by atoms with Crippen molar-refractivity contribution in [2.75, 3.05) is 5.32 Å². The number of hydrogen-bond acceptors (Lipinski definition) is 2. The van der Waals surface area contributed by atoms with E-state index < -0.39 is 0 Å². The lowest BCUT2D eigenvalue weighted by molar-refractivity contribution is 0.102. The standard InChI is InChI=1S/C23H17ClN2O/c1-15-6-4-7-16(12-15)22-14-20(19-10-2-3-11-21(19)26-22)23(27)25-18-9-5-8-17(24)13-18/h2-14H,1H3,(H,25,27). The van der Waals surface area contributed by atoms with Crippen molar-refractivity contribution >= 4 is 34.1 Å². The number of carbonyl (C=O) groups excluding carboxylic acids is 1. The normalized spacial score (nSPS) is 10.7. The third kappa shape index (κ3) is 3.69. The number of aromatic nitrogens is 1. The fourth-order valence-electron chi connectivity index (χ4n) is 3.08. The van der Waals surface area contributed by atoms with Gasteiger partial charge in [0.1, 0.15) is 0 Å². The van der Waals surface area contributed by atoms with Crippen LogP contribution in [0.1, 0.15) is 15.9 Å². The smallest absolute Gasteiger partial charge is 0.256 e. The first kappa shape index (κ1) is 17.3. The molecule has 1 N–H and O–H groups in total. The topological polar surface area (TPSA) is 42.0 Å². The highest BCUT2D eigenvalue weighted by Gasteiger charge is 2.14. The molecule has 4 rings (SSSR count). The van der Waals surface area contributed by atoms with E-state index in [0.717, 1.165) is 27.7 Å². The summed E-state index contributed by atoms with van der Waals surface area (Å²) in [7, 11) is 0. The molecule has 27 heavy (non-hydrogen) atoms. The number of pyridine rings is 1. The first-order valence-corrected chi connectivity index (χ1v) is 9.02. The molecule has 1 amide bonds. The number of halogens is 1. The zero-order valence-electron chi connectivity index (χ0n) is 14.7. The van der Waals surface area contributed by atoms with Crippen molar-refractivity contribution in [1.29, 1.82) is 0 Å². The van der Waals surface area contributed by atoms with Gasteiger partial charge in [-0.3, -0.25) is 4.79 Å². The second kappa shape index (κ2) is 7.22. The molecule has 0 fully saturated rings. The Balaban J connectivity index is 1.82. The Kier molecular flexibility index (Phi) is 4.61. The summed E-state index contributed by atoms with van der Waals surface area (Å²) in [5.74, 6) is -0.190. The summed E-state index contributed by atoms with van der Waals surface area (Å²) in [6, 6.07) is 24.7. The predicted molar refractivity (Wildman–Crippen MR) is 111 cm³/mol. The molecule has 1 aromatic heterocycles. The third-order valence-corrected chi connectivity index (χ3v) is 4.59. The van der Waals surface area contributed by atoms with E-state index >= 15 is 0 Å². The molecule has 132 valence electrons. The molecule has 1 heterocycles. The molecule has 0 aliphatic heterocycles. The van der Waals surface area contributed by atoms with E-state index in [4.69, 9.17) is 16.6 Å². The lowest BCUT2D eigenvalue weighted by atomic mass is 10.0. The monoisotopic (exact) mass is 372 g/mol. The number of rotatable bonds is 3. The Morgan fingerprint density at radius 2 is 1.74 bits per heavy atom. The van der Waals surface area contributed by atoms with Gasteiger partial charge in [0.15, 0.2) is 0 Å². The SMILES string of the molecule is Cc1cccc(-c2cc(C(=O)Nc3cccc(Cl)c3)c3ccccc3n2)c1. The van der Waals surface area contributed by atoms with Crippen LogP contribution in [0.25, 0.3) is 22.2 Å². The molecule has 0 spiro atoms. The predicted octanol–water partition coefficient (Wildman–Crippen LogP) is 6.12. The van der Waals surface area contributed by atoms with Crippen LogP contribution in [0.5, 0.6) is 0 Å². The van der Waals surface area contributed by atoms with Crippen molar-refractivity contribution in [1.82, 2.24) is 4.98 Å². The first-order chi connectivity index (χ1) is 13.1. The summed E-state index contributed by atoms with van der Waals surface area (Å²) in [6.45, 7) is 2.04. The van der Waals surface area contributed by atoms with Gasteiger partial charge in [-0.15, -0.1) is 0 Å². The van der Waals surface area contributed by atoms with E-state index in [1.54, 1.807) is 18.2 Å². The molecule has 4 heteroatoms. The van der Waals surface area contributed by atoms with Gasteiger partial charge in [0.2, 0.25) is 0 Å². The molecular weight excluding hydrogens is 356 g/mol. The number of fused-ring (bicyclic) bond motifs is 1. The molecule has 0 aliphatic rings. The number of anilines is 1. The number of amides is 1. The molecular formula is C23H17ClN2O. The highest BCUT2D eigenvalue weighted by molar-refractivity contribution is 6.31. The highest BCUT2D eigenvalue weighted by atomic mass is 35.5. The van der Waals surface area contributed by atoms with Crippen LogP contribution in [-0.2, 0) is 0 Å². The average Bonchev–Trinajstić information content (AvgIpc) is 2.67. The molecule has 0 unspecified atom stereocenters. The van der Waals surface area contributed by atoms with Gasteiger partial charge >= 0.3 is 0 Å². The quantitative estimate of drug-likeness (QED) is 0.471. The number of carbonyl (C=O) groups is 1. The van der Waals surface area contributed by atoms with Crippen LogP contribution in [0.2, 0.25) is 5.02 Å². The van der Waals surface area contributed by atoms with Crippen LogP contribution in [0.3, 0.4) is 0 Å². The Labute approximate surface area is 162 Å². The number of hydrogen-bond donors (Lipinski definition) is 1. The number of nitrogens with zero attached hydrogens (tertiary/aromatic N) is 1. The average molecular weight is 373 g/mol. The lowest BCUT2D eigenvalue weighted by Gasteiger charge is -2.11. The second-order valence-electron chi connectivity index (χ2n) is 6.41. The summed E-state index contributed by atoms with van der Waals surface area (Å²) < 4.78 is 0. The summed E-state index contributed by atoms with van der Waals surface area (Å²) >= 11 is 6.03. The molecule has 0 atom stereocenters. The number of aryl methyl sites for hydroxylation is 1. The maximum Gasteiger partial charge on any atom is 0.256 e. The number of para-hydroxylation sites is 1. The summed E-state index contributed by atoms with van der Waals surface area (Å²) in [5.41, 5.74) is 4.92. The van der Waals surface area contributed by atoms with Crippen LogP contribution in [0, 0.1) is 6.92 Å². The summed E-state index contributed by atoms with van der Waals surface area (Å²) in [4.78, 5) is 17.8. The fraction of sp³-hybridized carbons (Fsp3) is 0.0435. The van der Waals surface area contributed by atoms with Gasteiger partial charge in [-0.05, 0) is 43.3 Å². The Hall–Kier alpha value is -3.17. The van der Waals surface area contributed by atoms with Gasteiger partial charge in [-0.1, -0.05) is 59.6 Å². The second-order valence-corrected chi connectivity index (χ2v) is 6.84. The zero-order chi connectivity index (χ0) is 18.8. The van der Waals surface area contributed by atoms with E-state index in [1.807, 2.05) is 61.5 Å². The number of benzene rings is 3. The highest BCUT2D eigenvalue weighted by Crippen LogP contribution is 2.26. The van der Waals surface area contributed by atoms with E-state index in [1.165, 1.54) is 0 Å². The minimum Gasteiger partial charge on any atom is -0.322 e. The molecule has 3 nitrogen and oxygen atoms in total. The third-order valence-electron chi connectivity index (χ3n) is 4.36. The summed E-state index contributed by atoms with van der Waals surface area (Å²) in [6.07, 6.45) is 0. The van der Waals surface area contributed by atoms with Crippen LogP contribution < -0.4 is 5.32 Å². The largest absolute Gasteiger partial charge is 0.322 e. The lowest BCUT2D eigenvalue weighted by Crippen LogP contribution is -2.13. The van der Waals surface area contributed by atoms with E-state index in [2.05, 4.69) is 11.4 Å². The van der Waals surface area contributed by atoms with Crippen LogP contribution in [0.15, 0.2) is 78.9 Å². The Morgan fingerprint density at radius 1 is 0.926 bits per heavy atom. The van der Waals surface area contributed by atoms with Gasteiger partial charge in [0, 0.05) is 21.7 Å². The molecule has 0 aliphatic carbocycles. The van der Waals surface area contributed by atoms with E-state index in [9.17, 15) is 4.79 Å². The maximum atomic E-state index is 13.0. The first-order valence-electron chi connectivity index (χ1n) is 8.64. The van der Waals surface area contributed by atoms with Crippen molar-refractivity contribution in [3.63, 3.8) is 0 Å². The van der Waals surface area contributed by atoms with E-state index in [-0.39, 0.29) is 5.91 Å². The van der Waals surface area contributed by atoms with Gasteiger partial charge in [-0.25, -0.2) is 4.98 Å². The van der Waals surface area contributed by atoms with E-state index in [0.29, 0.717) is 16.3 Å². The van der Waals surface area contributed by atoms with Crippen LogP contribution in [0.4, 0.5) is 5.69 Å². The molecule has 0 bridgehead atoms. The molecule has 3 aromatic carbocycles. The van der Waals surface area contributed by atoms with Gasteiger partial charge in [-0.2, -0.15) is 0 Å². The zero-order valence-corrected chi connectivity index (χ0v) is 15.5. The Bertz CT molecular complexity index is 1150. The summed E-state index contributed by atoms with van der Waals surface area (Å²) in [5, 5.41) is 4.32. The van der Waals surface area contributed by atoms with Crippen molar-refractivity contribution < 1.29 is 4.79 Å².